The molecule has 4 nitrogen and oxygen atoms in total. The minimum atomic E-state index is -0.155. The summed E-state index contributed by atoms with van der Waals surface area (Å²) in [4.78, 5) is 11.1. The van der Waals surface area contributed by atoms with E-state index in [2.05, 4.69) is 0 Å². The molecule has 82 valence electrons. The van der Waals surface area contributed by atoms with E-state index in [0.717, 1.165) is 25.9 Å². The molecule has 0 aromatic carbocycles. The number of esters is 1. The molecule has 0 spiro atoms. The molecule has 1 atom stereocenters. The summed E-state index contributed by atoms with van der Waals surface area (Å²) >= 11 is 0. The molecule has 14 heavy (non-hydrogen) atoms. The van der Waals surface area contributed by atoms with E-state index in [9.17, 15) is 4.79 Å². The first-order chi connectivity index (χ1) is 6.83. The van der Waals surface area contributed by atoms with Crippen molar-refractivity contribution in [2.45, 2.75) is 31.8 Å². The zero-order valence-electron chi connectivity index (χ0n) is 8.66. The lowest BCUT2D eigenvalue weighted by molar-refractivity contribution is -0.147. The van der Waals surface area contributed by atoms with E-state index in [1.54, 1.807) is 7.11 Å². The molecule has 0 radical (unpaired) electrons. The van der Waals surface area contributed by atoms with Crippen molar-refractivity contribution in [3.63, 3.8) is 0 Å². The highest BCUT2D eigenvalue weighted by atomic mass is 16.6. The normalized spacial score (nSPS) is 21.1. The lowest BCUT2D eigenvalue weighted by Crippen LogP contribution is -2.17. The van der Waals surface area contributed by atoms with Crippen molar-refractivity contribution in [1.82, 2.24) is 0 Å². The number of hydrogen-bond acceptors (Lipinski definition) is 4. The van der Waals surface area contributed by atoms with Gasteiger partial charge in [0, 0.05) is 26.7 Å². The molecule has 0 saturated carbocycles. The number of carbonyl (C=O) groups is 1. The predicted octanol–water partition coefficient (Wildman–Crippen LogP) is 1.14. The van der Waals surface area contributed by atoms with Crippen LogP contribution in [0.25, 0.3) is 0 Å². The fraction of sp³-hybridized carbons (Fsp3) is 0.900. The van der Waals surface area contributed by atoms with Crippen molar-refractivity contribution in [3.8, 4) is 0 Å². The second-order valence-corrected chi connectivity index (χ2v) is 3.41. The van der Waals surface area contributed by atoms with Crippen LogP contribution < -0.4 is 0 Å². The maximum atomic E-state index is 11.1. The van der Waals surface area contributed by atoms with Gasteiger partial charge < -0.3 is 14.2 Å². The summed E-state index contributed by atoms with van der Waals surface area (Å²) in [7, 11) is 1.62. The third-order valence-electron chi connectivity index (χ3n) is 2.18. The zero-order valence-corrected chi connectivity index (χ0v) is 8.66. The minimum absolute atomic E-state index is 0.126. The summed E-state index contributed by atoms with van der Waals surface area (Å²) < 4.78 is 15.2. The summed E-state index contributed by atoms with van der Waals surface area (Å²) in [5, 5.41) is 0. The van der Waals surface area contributed by atoms with Crippen LogP contribution in [-0.4, -0.2) is 39.0 Å². The summed E-state index contributed by atoms with van der Waals surface area (Å²) in [6.07, 6.45) is 3.36. The van der Waals surface area contributed by atoms with Crippen molar-refractivity contribution in [2.24, 2.45) is 0 Å². The van der Waals surface area contributed by atoms with E-state index >= 15 is 0 Å². The molecule has 1 heterocycles. The molecule has 0 amide bonds. The number of methoxy groups -OCH3 is 1. The molecule has 0 bridgehead atoms. The smallest absolute Gasteiger partial charge is 0.305 e. The van der Waals surface area contributed by atoms with Crippen LogP contribution in [0.2, 0.25) is 0 Å². The highest BCUT2D eigenvalue weighted by Gasteiger charge is 2.17. The van der Waals surface area contributed by atoms with Crippen LogP contribution in [0, 0.1) is 0 Å². The van der Waals surface area contributed by atoms with Gasteiger partial charge >= 0.3 is 5.97 Å². The number of ether oxygens (including phenoxy) is 3. The van der Waals surface area contributed by atoms with Crippen LogP contribution in [0.1, 0.15) is 25.7 Å². The fourth-order valence-electron chi connectivity index (χ4n) is 1.39. The van der Waals surface area contributed by atoms with E-state index in [-0.39, 0.29) is 12.1 Å². The Bertz CT molecular complexity index is 164. The summed E-state index contributed by atoms with van der Waals surface area (Å²) in [5.74, 6) is -0.155. The molecule has 1 aliphatic rings. The van der Waals surface area contributed by atoms with E-state index < -0.39 is 0 Å². The van der Waals surface area contributed by atoms with Gasteiger partial charge in [0.25, 0.3) is 0 Å². The Hall–Kier alpha value is -0.610. The van der Waals surface area contributed by atoms with Gasteiger partial charge in [0.05, 0.1) is 6.10 Å². The lowest BCUT2D eigenvalue weighted by atomic mass is 10.2. The molecule has 1 aliphatic heterocycles. The topological polar surface area (TPSA) is 44.8 Å². The Morgan fingerprint density at radius 2 is 2.43 bits per heavy atom. The van der Waals surface area contributed by atoms with Gasteiger partial charge in [0.2, 0.25) is 0 Å². The highest BCUT2D eigenvalue weighted by molar-refractivity contribution is 5.69. The molecule has 1 rings (SSSR count). The van der Waals surface area contributed by atoms with Gasteiger partial charge in [-0.15, -0.1) is 0 Å². The molecule has 0 aliphatic carbocycles. The summed E-state index contributed by atoms with van der Waals surface area (Å²) in [5.41, 5.74) is 0. The van der Waals surface area contributed by atoms with Crippen molar-refractivity contribution in [2.75, 3.05) is 26.9 Å². The molecule has 1 fully saturated rings. The quantitative estimate of drug-likeness (QED) is 0.478. The Balaban J connectivity index is 1.96. The Labute approximate surface area is 84.5 Å². The number of hydrogen-bond donors (Lipinski definition) is 0. The van der Waals surface area contributed by atoms with E-state index in [1.165, 1.54) is 0 Å². The Morgan fingerprint density at radius 3 is 3.07 bits per heavy atom. The molecular weight excluding hydrogens is 184 g/mol. The fourth-order valence-corrected chi connectivity index (χ4v) is 1.39. The largest absolute Gasteiger partial charge is 0.463 e. The number of carbonyl (C=O) groups excluding carboxylic acids is 1. The van der Waals surface area contributed by atoms with Gasteiger partial charge in [-0.3, -0.25) is 4.79 Å². The molecule has 0 aromatic heterocycles. The molecule has 4 heteroatoms. The van der Waals surface area contributed by atoms with Crippen LogP contribution in [0.4, 0.5) is 0 Å². The van der Waals surface area contributed by atoms with E-state index in [4.69, 9.17) is 14.2 Å². The molecule has 0 N–H and O–H groups in total. The predicted molar refractivity (Wildman–Crippen MR) is 51.0 cm³/mol. The van der Waals surface area contributed by atoms with Gasteiger partial charge in [0.15, 0.2) is 0 Å². The first-order valence-corrected chi connectivity index (χ1v) is 5.09. The van der Waals surface area contributed by atoms with Crippen molar-refractivity contribution >= 4 is 5.97 Å². The number of rotatable bonds is 6. The SMILES string of the molecule is COCCCC(=O)OCC1CCCO1. The average Bonchev–Trinajstić information content (AvgIpc) is 2.68. The third kappa shape index (κ3) is 4.58. The third-order valence-corrected chi connectivity index (χ3v) is 2.18. The maximum absolute atomic E-state index is 11.1. The van der Waals surface area contributed by atoms with E-state index in [0.29, 0.717) is 19.6 Å². The highest BCUT2D eigenvalue weighted by Crippen LogP contribution is 2.12. The average molecular weight is 202 g/mol. The van der Waals surface area contributed by atoms with Crippen LogP contribution in [-0.2, 0) is 19.0 Å². The summed E-state index contributed by atoms with van der Waals surface area (Å²) in [6.45, 7) is 1.81. The molecule has 1 unspecified atom stereocenters. The Morgan fingerprint density at radius 1 is 1.57 bits per heavy atom. The lowest BCUT2D eigenvalue weighted by Gasteiger charge is -2.09. The van der Waals surface area contributed by atoms with Crippen molar-refractivity contribution < 1.29 is 19.0 Å². The molecule has 1 saturated heterocycles. The molecule has 0 aromatic rings. The first kappa shape index (κ1) is 11.5. The van der Waals surface area contributed by atoms with Crippen LogP contribution in [0.3, 0.4) is 0 Å². The summed E-state index contributed by atoms with van der Waals surface area (Å²) in [6, 6.07) is 0. The van der Waals surface area contributed by atoms with Gasteiger partial charge in [-0.25, -0.2) is 0 Å². The second kappa shape index (κ2) is 6.79. The minimum Gasteiger partial charge on any atom is -0.463 e. The second-order valence-electron chi connectivity index (χ2n) is 3.41. The zero-order chi connectivity index (χ0) is 10.2. The van der Waals surface area contributed by atoms with Gasteiger partial charge in [0.1, 0.15) is 6.61 Å². The van der Waals surface area contributed by atoms with Gasteiger partial charge in [-0.2, -0.15) is 0 Å². The first-order valence-electron chi connectivity index (χ1n) is 5.09. The van der Waals surface area contributed by atoms with Gasteiger partial charge in [-0.05, 0) is 19.3 Å². The maximum Gasteiger partial charge on any atom is 0.305 e. The van der Waals surface area contributed by atoms with Gasteiger partial charge in [-0.1, -0.05) is 0 Å². The monoisotopic (exact) mass is 202 g/mol. The Kier molecular flexibility index (Phi) is 5.56. The van der Waals surface area contributed by atoms with Crippen LogP contribution >= 0.6 is 0 Å². The molecular formula is C10H18O4. The standard InChI is InChI=1S/C10H18O4/c1-12-6-3-5-10(11)14-8-9-4-2-7-13-9/h9H,2-8H2,1H3. The van der Waals surface area contributed by atoms with Crippen LogP contribution in [0.5, 0.6) is 0 Å². The van der Waals surface area contributed by atoms with Crippen molar-refractivity contribution in [3.05, 3.63) is 0 Å². The van der Waals surface area contributed by atoms with Crippen molar-refractivity contribution in [1.29, 1.82) is 0 Å². The van der Waals surface area contributed by atoms with Crippen LogP contribution in [0.15, 0.2) is 0 Å². The van der Waals surface area contributed by atoms with E-state index in [1.807, 2.05) is 0 Å².